The van der Waals surface area contributed by atoms with Gasteiger partial charge in [0, 0.05) is 5.56 Å². The Morgan fingerprint density at radius 1 is 1.12 bits per heavy atom. The lowest BCUT2D eigenvalue weighted by Gasteiger charge is -2.04. The van der Waals surface area contributed by atoms with Crippen molar-refractivity contribution in [3.05, 3.63) is 71.2 Å². The first-order valence-electron chi connectivity index (χ1n) is 6.84. The minimum Gasteiger partial charge on any atom is -0.435 e. The molecule has 1 heterocycles. The van der Waals surface area contributed by atoms with Crippen LogP contribution in [0.2, 0.25) is 0 Å². The van der Waals surface area contributed by atoms with Crippen molar-refractivity contribution in [1.82, 2.24) is 0 Å². The van der Waals surface area contributed by atoms with E-state index < -0.39 is 18.4 Å². The van der Waals surface area contributed by atoms with Crippen molar-refractivity contribution in [2.75, 3.05) is 0 Å². The maximum atomic E-state index is 13.2. The molecule has 0 aromatic heterocycles. The average Bonchev–Trinajstić information content (AvgIpc) is 2.88. The summed E-state index contributed by atoms with van der Waals surface area (Å²) in [5.41, 5.74) is 0.906. The normalized spacial score (nSPS) is 15.6. The molecule has 0 bridgehead atoms. The fourth-order valence-electron chi connectivity index (χ4n) is 2.07. The monoisotopic (exact) mass is 333 g/mol. The third-order valence-electron chi connectivity index (χ3n) is 3.10. The minimum atomic E-state index is -2.92. The zero-order valence-corrected chi connectivity index (χ0v) is 12.1. The van der Waals surface area contributed by atoms with Gasteiger partial charge < -0.3 is 9.47 Å². The topological polar surface area (TPSA) is 47.9 Å². The molecule has 0 fully saturated rings. The summed E-state index contributed by atoms with van der Waals surface area (Å²) in [5, 5.41) is 0. The molecule has 7 heteroatoms. The summed E-state index contributed by atoms with van der Waals surface area (Å²) < 4.78 is 46.7. The molecule has 0 saturated heterocycles. The number of rotatable bonds is 4. The molecule has 4 nitrogen and oxygen atoms in total. The summed E-state index contributed by atoms with van der Waals surface area (Å²) in [6.07, 6.45) is 1.40. The highest BCUT2D eigenvalue weighted by Crippen LogP contribution is 2.21. The zero-order valence-electron chi connectivity index (χ0n) is 12.1. The fourth-order valence-corrected chi connectivity index (χ4v) is 2.07. The predicted molar refractivity (Wildman–Crippen MR) is 80.1 cm³/mol. The van der Waals surface area contributed by atoms with Crippen molar-refractivity contribution < 1.29 is 27.4 Å². The average molecular weight is 333 g/mol. The molecular weight excluding hydrogens is 323 g/mol. The van der Waals surface area contributed by atoms with E-state index in [1.54, 1.807) is 6.07 Å². The molecule has 1 aliphatic heterocycles. The number of carbonyl (C=O) groups is 1. The summed E-state index contributed by atoms with van der Waals surface area (Å²) >= 11 is 0. The Hall–Kier alpha value is -3.09. The molecule has 0 N–H and O–H groups in total. The van der Waals surface area contributed by atoms with Crippen LogP contribution in [0.4, 0.5) is 13.2 Å². The van der Waals surface area contributed by atoms with Gasteiger partial charge in [0.05, 0.1) is 0 Å². The maximum Gasteiger partial charge on any atom is 0.387 e. The van der Waals surface area contributed by atoms with Crippen molar-refractivity contribution in [2.45, 2.75) is 6.61 Å². The van der Waals surface area contributed by atoms with Crippen LogP contribution in [0.1, 0.15) is 11.1 Å². The number of hydrogen-bond acceptors (Lipinski definition) is 4. The molecule has 0 spiro atoms. The summed E-state index contributed by atoms with van der Waals surface area (Å²) in [6, 6.07) is 11.2. The number of cyclic esters (lactones) is 1. The van der Waals surface area contributed by atoms with Gasteiger partial charge in [-0.3, -0.25) is 0 Å². The van der Waals surface area contributed by atoms with Gasteiger partial charge in [0.25, 0.3) is 0 Å². The van der Waals surface area contributed by atoms with Gasteiger partial charge in [-0.05, 0) is 48.0 Å². The van der Waals surface area contributed by atoms with Crippen LogP contribution in [0.15, 0.2) is 59.2 Å². The quantitative estimate of drug-likeness (QED) is 0.632. The molecule has 122 valence electrons. The predicted octanol–water partition coefficient (Wildman–Crippen LogP) is 3.77. The molecule has 0 saturated carbocycles. The van der Waals surface area contributed by atoms with Crippen molar-refractivity contribution in [3.63, 3.8) is 0 Å². The number of halogens is 3. The molecule has 24 heavy (non-hydrogen) atoms. The number of carbonyl (C=O) groups excluding carboxylic acids is 1. The summed E-state index contributed by atoms with van der Waals surface area (Å²) in [7, 11) is 0. The van der Waals surface area contributed by atoms with E-state index in [1.165, 1.54) is 48.5 Å². The second kappa shape index (κ2) is 6.57. The van der Waals surface area contributed by atoms with Gasteiger partial charge in [-0.25, -0.2) is 14.2 Å². The molecule has 3 rings (SSSR count). The lowest BCUT2D eigenvalue weighted by Crippen LogP contribution is -2.06. The Balaban J connectivity index is 1.83. The number of esters is 1. The Bertz CT molecular complexity index is 829. The van der Waals surface area contributed by atoms with Crippen LogP contribution in [-0.2, 0) is 9.53 Å². The first-order chi connectivity index (χ1) is 11.5. The molecule has 0 atom stereocenters. The standard InChI is InChI=1S/C17H10F3NO3/c18-12-3-1-2-10(8-12)9-14-16(22)24-15(21-14)11-4-6-13(7-5-11)23-17(19)20/h1-9,17H/b14-9-. The van der Waals surface area contributed by atoms with Crippen LogP contribution in [0, 0.1) is 5.82 Å². The Morgan fingerprint density at radius 3 is 2.54 bits per heavy atom. The second-order valence-corrected chi connectivity index (χ2v) is 4.79. The first kappa shape index (κ1) is 15.8. The van der Waals surface area contributed by atoms with E-state index in [0.29, 0.717) is 11.1 Å². The van der Waals surface area contributed by atoms with Crippen LogP contribution in [0.25, 0.3) is 6.08 Å². The molecule has 0 amide bonds. The van der Waals surface area contributed by atoms with Crippen molar-refractivity contribution >= 4 is 17.9 Å². The number of nitrogens with zero attached hydrogens (tertiary/aromatic N) is 1. The van der Waals surface area contributed by atoms with Crippen LogP contribution in [0.5, 0.6) is 5.75 Å². The highest BCUT2D eigenvalue weighted by Gasteiger charge is 2.24. The maximum absolute atomic E-state index is 13.2. The van der Waals surface area contributed by atoms with Crippen LogP contribution in [0.3, 0.4) is 0 Å². The third-order valence-corrected chi connectivity index (χ3v) is 3.10. The van der Waals surface area contributed by atoms with E-state index in [-0.39, 0.29) is 17.3 Å². The summed E-state index contributed by atoms with van der Waals surface area (Å²) in [5.74, 6) is -1.10. The van der Waals surface area contributed by atoms with E-state index in [1.807, 2.05) is 0 Å². The molecule has 0 unspecified atom stereocenters. The Kier molecular flexibility index (Phi) is 4.33. The number of ether oxygens (including phenoxy) is 2. The Morgan fingerprint density at radius 2 is 1.88 bits per heavy atom. The van der Waals surface area contributed by atoms with Gasteiger partial charge in [-0.15, -0.1) is 0 Å². The van der Waals surface area contributed by atoms with Crippen molar-refractivity contribution in [1.29, 1.82) is 0 Å². The number of hydrogen-bond donors (Lipinski definition) is 0. The largest absolute Gasteiger partial charge is 0.435 e. The Labute approximate surface area is 134 Å². The van der Waals surface area contributed by atoms with Gasteiger partial charge in [0.15, 0.2) is 5.70 Å². The van der Waals surface area contributed by atoms with Gasteiger partial charge in [0.1, 0.15) is 11.6 Å². The van der Waals surface area contributed by atoms with Crippen molar-refractivity contribution in [2.24, 2.45) is 4.99 Å². The minimum absolute atomic E-state index is 0.0171. The number of alkyl halides is 2. The van der Waals surface area contributed by atoms with Gasteiger partial charge in [-0.1, -0.05) is 12.1 Å². The molecule has 0 radical (unpaired) electrons. The van der Waals surface area contributed by atoms with Gasteiger partial charge in [-0.2, -0.15) is 8.78 Å². The molecule has 2 aromatic rings. The zero-order chi connectivity index (χ0) is 17.1. The summed E-state index contributed by atoms with van der Waals surface area (Å²) in [4.78, 5) is 15.9. The van der Waals surface area contributed by atoms with E-state index in [4.69, 9.17) is 4.74 Å². The van der Waals surface area contributed by atoms with E-state index in [0.717, 1.165) is 0 Å². The molecule has 0 aliphatic carbocycles. The first-order valence-corrected chi connectivity index (χ1v) is 6.84. The van der Waals surface area contributed by atoms with E-state index in [2.05, 4.69) is 9.73 Å². The van der Waals surface area contributed by atoms with Crippen LogP contribution >= 0.6 is 0 Å². The van der Waals surface area contributed by atoms with Gasteiger partial charge >= 0.3 is 12.6 Å². The highest BCUT2D eigenvalue weighted by molar-refractivity contribution is 6.12. The van der Waals surface area contributed by atoms with E-state index >= 15 is 0 Å². The smallest absolute Gasteiger partial charge is 0.387 e. The molecule has 2 aromatic carbocycles. The van der Waals surface area contributed by atoms with Crippen LogP contribution in [-0.4, -0.2) is 18.5 Å². The third kappa shape index (κ3) is 3.62. The van der Waals surface area contributed by atoms with Crippen molar-refractivity contribution in [3.8, 4) is 5.75 Å². The second-order valence-electron chi connectivity index (χ2n) is 4.79. The summed E-state index contributed by atoms with van der Waals surface area (Å²) in [6.45, 7) is -2.92. The lowest BCUT2D eigenvalue weighted by molar-refractivity contribution is -0.129. The SMILES string of the molecule is O=C1OC(c2ccc(OC(F)F)cc2)=N/C1=C\c1cccc(F)c1. The molecular formula is C17H10F3NO3. The fraction of sp³-hybridized carbons (Fsp3) is 0.0588. The van der Waals surface area contributed by atoms with Gasteiger partial charge in [0.2, 0.25) is 5.90 Å². The number of benzene rings is 2. The highest BCUT2D eigenvalue weighted by atomic mass is 19.3. The molecule has 1 aliphatic rings. The van der Waals surface area contributed by atoms with Crippen LogP contribution < -0.4 is 4.74 Å². The number of aliphatic imine (C=N–C) groups is 1. The van der Waals surface area contributed by atoms with E-state index in [9.17, 15) is 18.0 Å². The lowest BCUT2D eigenvalue weighted by atomic mass is 10.2.